The van der Waals surface area contributed by atoms with Gasteiger partial charge in [0.05, 0.1) is 37.9 Å². The number of ether oxygens (including phenoxy) is 3. The Hall–Kier alpha value is -3.52. The van der Waals surface area contributed by atoms with Crippen LogP contribution in [0.2, 0.25) is 0 Å². The fraction of sp³-hybridized carbons (Fsp3) is 0.316. The molecule has 2 N–H and O–H groups in total. The highest BCUT2D eigenvalue weighted by atomic mass is 32.2. The van der Waals surface area contributed by atoms with E-state index < -0.39 is 34.1 Å². The van der Waals surface area contributed by atoms with Crippen LogP contribution in [0.25, 0.3) is 0 Å². The molecule has 0 aliphatic rings. The number of anilines is 2. The first-order valence-corrected chi connectivity index (χ1v) is 11.0. The molecule has 2 aromatic heterocycles. The highest BCUT2D eigenvalue weighted by molar-refractivity contribution is 7.85. The Kier molecular flexibility index (Phi) is 7.28. The Balaban J connectivity index is 1.66. The number of rotatable bonds is 10. The van der Waals surface area contributed by atoms with E-state index in [1.165, 1.54) is 31.3 Å². The number of methoxy groups -OCH3 is 2. The Morgan fingerprint density at radius 2 is 1.70 bits per heavy atom. The van der Waals surface area contributed by atoms with Gasteiger partial charge in [0.2, 0.25) is 5.95 Å². The molecule has 0 unspecified atom stereocenters. The second-order valence-electron chi connectivity index (χ2n) is 6.72. The zero-order valence-corrected chi connectivity index (χ0v) is 18.7. The molecule has 11 nitrogen and oxygen atoms in total. The zero-order chi connectivity index (χ0) is 24.2. The Bertz CT molecular complexity index is 1210. The van der Waals surface area contributed by atoms with Crippen molar-refractivity contribution in [2.45, 2.75) is 13.0 Å². The first-order chi connectivity index (χ1) is 15.6. The Morgan fingerprint density at radius 3 is 2.24 bits per heavy atom. The number of nitrogens with one attached hydrogen (secondary N) is 1. The van der Waals surface area contributed by atoms with Crippen LogP contribution in [0.5, 0.6) is 17.2 Å². The molecule has 0 amide bonds. The van der Waals surface area contributed by atoms with E-state index >= 15 is 0 Å². The quantitative estimate of drug-likeness (QED) is 0.411. The van der Waals surface area contributed by atoms with Crippen molar-refractivity contribution in [2.24, 2.45) is 7.05 Å². The van der Waals surface area contributed by atoms with Gasteiger partial charge in [-0.2, -0.15) is 13.5 Å². The minimum atomic E-state index is -4.09. The molecule has 0 aliphatic heterocycles. The highest BCUT2D eigenvalue weighted by Crippen LogP contribution is 2.32. The lowest BCUT2D eigenvalue weighted by Crippen LogP contribution is -2.09. The average molecular weight is 485 g/mol. The summed E-state index contributed by atoms with van der Waals surface area (Å²) >= 11 is 0. The van der Waals surface area contributed by atoms with Gasteiger partial charge in [0, 0.05) is 31.3 Å². The summed E-state index contributed by atoms with van der Waals surface area (Å²) < 4.78 is 76.2. The summed E-state index contributed by atoms with van der Waals surface area (Å²) in [6.07, 6.45) is 2.66. The predicted molar refractivity (Wildman–Crippen MR) is 112 cm³/mol. The molecular weight excluding hydrogens is 464 g/mol. The van der Waals surface area contributed by atoms with E-state index in [0.717, 1.165) is 6.07 Å². The van der Waals surface area contributed by atoms with Gasteiger partial charge < -0.3 is 19.5 Å². The molecule has 1 aromatic carbocycles. The summed E-state index contributed by atoms with van der Waals surface area (Å²) in [5, 5.41) is 7.00. The maximum atomic E-state index is 14.4. The van der Waals surface area contributed by atoms with Gasteiger partial charge in [-0.15, -0.1) is 0 Å². The van der Waals surface area contributed by atoms with Crippen LogP contribution < -0.4 is 19.5 Å². The van der Waals surface area contributed by atoms with Crippen LogP contribution in [-0.2, 0) is 30.2 Å². The molecule has 0 spiro atoms. The van der Waals surface area contributed by atoms with Crippen LogP contribution in [-0.4, -0.2) is 52.7 Å². The maximum Gasteiger partial charge on any atom is 0.265 e. The van der Waals surface area contributed by atoms with Crippen molar-refractivity contribution in [3.8, 4) is 17.2 Å². The van der Waals surface area contributed by atoms with Gasteiger partial charge in [0.1, 0.15) is 6.61 Å². The minimum absolute atomic E-state index is 0.0693. The summed E-state index contributed by atoms with van der Waals surface area (Å²) in [6.45, 7) is -0.460. The van der Waals surface area contributed by atoms with Gasteiger partial charge in [-0.3, -0.25) is 9.23 Å². The van der Waals surface area contributed by atoms with Gasteiger partial charge in [0.15, 0.2) is 34.7 Å². The smallest absolute Gasteiger partial charge is 0.265 e. The average Bonchev–Trinajstić information content (AvgIpc) is 3.12. The molecule has 14 heteroatoms. The summed E-state index contributed by atoms with van der Waals surface area (Å²) in [6, 6.07) is 2.68. The third kappa shape index (κ3) is 6.04. The van der Waals surface area contributed by atoms with Gasteiger partial charge in [-0.25, -0.2) is 18.7 Å². The van der Waals surface area contributed by atoms with E-state index in [-0.39, 0.29) is 35.2 Å². The van der Waals surface area contributed by atoms with Crippen LogP contribution in [0.4, 0.5) is 20.5 Å². The molecule has 0 aliphatic carbocycles. The van der Waals surface area contributed by atoms with Crippen molar-refractivity contribution in [1.82, 2.24) is 19.7 Å². The van der Waals surface area contributed by atoms with Crippen molar-refractivity contribution >= 4 is 21.9 Å². The predicted octanol–water partition coefficient (Wildman–Crippen LogP) is 2.26. The lowest BCUT2D eigenvalue weighted by Gasteiger charge is -2.13. The molecule has 2 heterocycles. The molecule has 3 rings (SSSR count). The maximum absolute atomic E-state index is 14.4. The van der Waals surface area contributed by atoms with Crippen LogP contribution in [0.1, 0.15) is 11.3 Å². The van der Waals surface area contributed by atoms with Crippen molar-refractivity contribution in [2.75, 3.05) is 25.3 Å². The number of nitrogens with zero attached hydrogens (tertiary/aromatic N) is 4. The molecule has 0 radical (unpaired) electrons. The molecule has 0 saturated heterocycles. The summed E-state index contributed by atoms with van der Waals surface area (Å²) in [5.41, 5.74) is 0.187. The third-order valence-corrected chi connectivity index (χ3v) is 5.23. The monoisotopic (exact) mass is 485 g/mol. The van der Waals surface area contributed by atoms with Crippen LogP contribution in [0, 0.1) is 11.6 Å². The Labute approximate surface area is 188 Å². The van der Waals surface area contributed by atoms with Gasteiger partial charge in [-0.1, -0.05) is 0 Å². The number of hydrogen-bond acceptors (Lipinski definition) is 9. The fourth-order valence-corrected chi connectivity index (χ4v) is 3.29. The highest BCUT2D eigenvalue weighted by Gasteiger charge is 2.20. The first kappa shape index (κ1) is 24.1. The van der Waals surface area contributed by atoms with Crippen molar-refractivity contribution in [1.29, 1.82) is 0 Å². The van der Waals surface area contributed by atoms with Gasteiger partial charge in [0.25, 0.3) is 10.1 Å². The molecule has 33 heavy (non-hydrogen) atoms. The van der Waals surface area contributed by atoms with Crippen molar-refractivity contribution in [3.63, 3.8) is 0 Å². The molecular formula is C19H21F2N5O6S. The number of hydrogen-bond donors (Lipinski definition) is 2. The van der Waals surface area contributed by atoms with E-state index in [1.807, 2.05) is 0 Å². The standard InChI is InChI=1S/C19H21F2N5O6S/c1-26-11(4-5-33(27,28)29)6-16(25-26)24-19-22-8-12(9-23-19)32-10-13-17(20)14(30-2)7-15(31-3)18(13)21/h6-9H,4-5,10H2,1-3H3,(H,27,28,29)(H,22,23,24,25). The van der Waals surface area contributed by atoms with Gasteiger partial charge >= 0.3 is 0 Å². The summed E-state index contributed by atoms with van der Waals surface area (Å²) in [5.74, 6) is -1.97. The third-order valence-electron chi connectivity index (χ3n) is 4.51. The molecule has 0 bridgehead atoms. The zero-order valence-electron chi connectivity index (χ0n) is 17.9. The summed E-state index contributed by atoms with van der Waals surface area (Å²) in [4.78, 5) is 8.11. The van der Waals surface area contributed by atoms with E-state index in [4.69, 9.17) is 18.8 Å². The Morgan fingerprint density at radius 1 is 1.09 bits per heavy atom. The second-order valence-corrected chi connectivity index (χ2v) is 8.30. The lowest BCUT2D eigenvalue weighted by molar-refractivity contribution is 0.280. The topological polar surface area (TPSA) is 138 Å². The fourth-order valence-electron chi connectivity index (χ4n) is 2.82. The van der Waals surface area contributed by atoms with E-state index in [9.17, 15) is 17.2 Å². The normalized spacial score (nSPS) is 11.3. The van der Waals surface area contributed by atoms with Crippen molar-refractivity contribution in [3.05, 3.63) is 47.4 Å². The minimum Gasteiger partial charge on any atom is -0.494 e. The molecule has 0 fully saturated rings. The second kappa shape index (κ2) is 9.95. The largest absolute Gasteiger partial charge is 0.494 e. The number of benzene rings is 1. The van der Waals surface area contributed by atoms with Crippen molar-refractivity contribution < 1.29 is 36.0 Å². The molecule has 0 atom stereocenters. The van der Waals surface area contributed by atoms with Crippen LogP contribution >= 0.6 is 0 Å². The molecule has 0 saturated carbocycles. The lowest BCUT2D eigenvalue weighted by atomic mass is 10.1. The van der Waals surface area contributed by atoms with E-state index in [1.54, 1.807) is 13.1 Å². The van der Waals surface area contributed by atoms with E-state index in [2.05, 4.69) is 20.4 Å². The number of halogens is 2. The van der Waals surface area contributed by atoms with Crippen LogP contribution in [0.15, 0.2) is 24.5 Å². The molecule has 3 aromatic rings. The molecule has 178 valence electrons. The SMILES string of the molecule is COc1cc(OC)c(F)c(COc2cnc(Nc3cc(CCS(=O)(=O)O)n(C)n3)nc2)c1F. The summed E-state index contributed by atoms with van der Waals surface area (Å²) in [7, 11) is 0.0237. The van der Waals surface area contributed by atoms with E-state index in [0.29, 0.717) is 11.5 Å². The van der Waals surface area contributed by atoms with Gasteiger partial charge in [-0.05, 0) is 0 Å². The number of aryl methyl sites for hydroxylation is 2. The number of aromatic nitrogens is 4. The first-order valence-electron chi connectivity index (χ1n) is 9.40. The van der Waals surface area contributed by atoms with Crippen LogP contribution in [0.3, 0.4) is 0 Å².